The van der Waals surface area contributed by atoms with Gasteiger partial charge in [-0.3, -0.25) is 14.7 Å². The summed E-state index contributed by atoms with van der Waals surface area (Å²) < 4.78 is 0. The van der Waals surface area contributed by atoms with Crippen LogP contribution in [-0.4, -0.2) is 27.1 Å². The number of carbonyl (C=O) groups excluding carboxylic acids is 1. The van der Waals surface area contributed by atoms with Crippen molar-refractivity contribution in [3.05, 3.63) is 51.2 Å². The van der Waals surface area contributed by atoms with Crippen LogP contribution in [0.3, 0.4) is 0 Å². The number of rotatable bonds is 4. The molecular weight excluding hydrogens is 256 g/mol. The molecule has 0 saturated heterocycles. The summed E-state index contributed by atoms with van der Waals surface area (Å²) in [5.74, 6) is -0.287. The lowest BCUT2D eigenvalue weighted by Gasteiger charge is -2.12. The van der Waals surface area contributed by atoms with Crippen molar-refractivity contribution in [1.82, 2.24) is 20.5 Å². The third-order valence-electron chi connectivity index (χ3n) is 2.87. The third-order valence-corrected chi connectivity index (χ3v) is 2.87. The van der Waals surface area contributed by atoms with Crippen LogP contribution < -0.4 is 10.7 Å². The minimum absolute atomic E-state index is 0.0748. The van der Waals surface area contributed by atoms with Crippen molar-refractivity contribution in [2.75, 3.05) is 0 Å². The number of carbonyl (C=O) groups is 1. The van der Waals surface area contributed by atoms with Gasteiger partial charge in [0.05, 0.1) is 5.69 Å². The molecule has 0 radical (unpaired) electrons. The molecule has 0 spiro atoms. The number of nitrogens with one attached hydrogen (secondary N) is 3. The number of pyridine rings is 1. The molecule has 6 nitrogen and oxygen atoms in total. The number of nitrogens with zero attached hydrogens (tertiary/aromatic N) is 1. The van der Waals surface area contributed by atoms with Gasteiger partial charge in [0.15, 0.2) is 5.43 Å². The van der Waals surface area contributed by atoms with Gasteiger partial charge in [0.25, 0.3) is 5.91 Å². The molecular formula is C14H18N4O2. The second-order valence-corrected chi connectivity index (χ2v) is 5.03. The number of aryl methyl sites for hydroxylation is 2. The highest BCUT2D eigenvalue weighted by atomic mass is 16.2. The van der Waals surface area contributed by atoms with Crippen LogP contribution in [0.5, 0.6) is 0 Å². The number of amides is 1. The highest BCUT2D eigenvalue weighted by molar-refractivity contribution is 5.92. The molecule has 106 valence electrons. The van der Waals surface area contributed by atoms with Crippen LogP contribution in [-0.2, 0) is 6.42 Å². The Bertz CT molecular complexity index is 672. The van der Waals surface area contributed by atoms with E-state index in [0.717, 1.165) is 11.4 Å². The highest BCUT2D eigenvalue weighted by Gasteiger charge is 2.12. The Morgan fingerprint density at radius 1 is 1.30 bits per heavy atom. The fourth-order valence-corrected chi connectivity index (χ4v) is 2.05. The lowest BCUT2D eigenvalue weighted by molar-refractivity contribution is 0.0934. The third kappa shape index (κ3) is 3.57. The monoisotopic (exact) mass is 274 g/mol. The molecule has 0 bridgehead atoms. The Labute approximate surface area is 116 Å². The smallest absolute Gasteiger partial charge is 0.268 e. The molecule has 0 fully saturated rings. The van der Waals surface area contributed by atoms with E-state index in [-0.39, 0.29) is 23.1 Å². The van der Waals surface area contributed by atoms with Gasteiger partial charge in [-0.15, -0.1) is 0 Å². The van der Waals surface area contributed by atoms with Crippen LogP contribution in [0.25, 0.3) is 0 Å². The van der Waals surface area contributed by atoms with Gasteiger partial charge in [-0.1, -0.05) is 0 Å². The first kappa shape index (κ1) is 14.0. The number of hydrogen-bond acceptors (Lipinski definition) is 3. The number of H-pyrrole nitrogens is 2. The molecule has 3 N–H and O–H groups in total. The average Bonchev–Trinajstić information content (AvgIpc) is 2.73. The van der Waals surface area contributed by atoms with Crippen molar-refractivity contribution < 1.29 is 4.79 Å². The molecule has 20 heavy (non-hydrogen) atoms. The Morgan fingerprint density at radius 2 is 2.05 bits per heavy atom. The molecule has 0 unspecified atom stereocenters. The van der Waals surface area contributed by atoms with Crippen LogP contribution in [0.1, 0.15) is 34.5 Å². The minimum atomic E-state index is -0.287. The first-order chi connectivity index (χ1) is 9.44. The summed E-state index contributed by atoms with van der Waals surface area (Å²) in [5, 5.41) is 9.84. The number of aromatic amines is 2. The maximum Gasteiger partial charge on any atom is 0.268 e. The Hall–Kier alpha value is -2.37. The summed E-state index contributed by atoms with van der Waals surface area (Å²) in [6, 6.07) is 4.62. The Kier molecular flexibility index (Phi) is 4.02. The first-order valence-corrected chi connectivity index (χ1v) is 6.47. The van der Waals surface area contributed by atoms with Crippen molar-refractivity contribution in [1.29, 1.82) is 0 Å². The zero-order valence-corrected chi connectivity index (χ0v) is 11.8. The van der Waals surface area contributed by atoms with E-state index in [1.54, 1.807) is 6.92 Å². The van der Waals surface area contributed by atoms with E-state index >= 15 is 0 Å². The summed E-state index contributed by atoms with van der Waals surface area (Å²) in [7, 11) is 0. The van der Waals surface area contributed by atoms with E-state index in [1.165, 1.54) is 12.1 Å². The van der Waals surface area contributed by atoms with Crippen molar-refractivity contribution >= 4 is 5.91 Å². The lowest BCUT2D eigenvalue weighted by Crippen LogP contribution is -2.35. The zero-order chi connectivity index (χ0) is 14.7. The van der Waals surface area contributed by atoms with E-state index in [4.69, 9.17) is 0 Å². The standard InChI is InChI=1S/C14H18N4O2/c1-8(4-11-5-10(3)17-18-11)16-14(20)13-7-12(19)6-9(2)15-13/h5-8H,4H2,1-3H3,(H,15,19)(H,16,20)(H,17,18)/t8-/m0/s1. The fourth-order valence-electron chi connectivity index (χ4n) is 2.05. The summed E-state index contributed by atoms with van der Waals surface area (Å²) in [5.41, 5.74) is 2.65. The fraction of sp³-hybridized carbons (Fsp3) is 0.357. The van der Waals surface area contributed by atoms with Crippen molar-refractivity contribution in [3.8, 4) is 0 Å². The summed E-state index contributed by atoms with van der Waals surface area (Å²) in [6.45, 7) is 5.57. The molecule has 0 aliphatic carbocycles. The van der Waals surface area contributed by atoms with Gasteiger partial charge in [-0.05, 0) is 26.8 Å². The van der Waals surface area contributed by atoms with Gasteiger partial charge in [0.2, 0.25) is 0 Å². The number of aromatic nitrogens is 3. The molecule has 0 aliphatic heterocycles. The van der Waals surface area contributed by atoms with Gasteiger partial charge in [0, 0.05) is 36.0 Å². The van der Waals surface area contributed by atoms with Crippen molar-refractivity contribution in [3.63, 3.8) is 0 Å². The lowest BCUT2D eigenvalue weighted by atomic mass is 10.1. The van der Waals surface area contributed by atoms with Gasteiger partial charge < -0.3 is 10.3 Å². The maximum atomic E-state index is 12.0. The molecule has 6 heteroatoms. The largest absolute Gasteiger partial charge is 0.354 e. The number of hydrogen-bond donors (Lipinski definition) is 3. The predicted molar refractivity (Wildman–Crippen MR) is 75.8 cm³/mol. The van der Waals surface area contributed by atoms with Crippen LogP contribution >= 0.6 is 0 Å². The minimum Gasteiger partial charge on any atom is -0.354 e. The Balaban J connectivity index is 2.01. The second-order valence-electron chi connectivity index (χ2n) is 5.03. The van der Waals surface area contributed by atoms with Crippen LogP contribution in [0.2, 0.25) is 0 Å². The van der Waals surface area contributed by atoms with Crippen LogP contribution in [0, 0.1) is 13.8 Å². The maximum absolute atomic E-state index is 12.0. The Morgan fingerprint density at radius 3 is 2.65 bits per heavy atom. The zero-order valence-electron chi connectivity index (χ0n) is 11.8. The molecule has 1 amide bonds. The molecule has 2 aromatic rings. The summed E-state index contributed by atoms with van der Waals surface area (Å²) in [6.07, 6.45) is 0.631. The molecule has 2 heterocycles. The second kappa shape index (κ2) is 5.73. The summed E-state index contributed by atoms with van der Waals surface area (Å²) >= 11 is 0. The highest BCUT2D eigenvalue weighted by Crippen LogP contribution is 2.03. The summed E-state index contributed by atoms with van der Waals surface area (Å²) in [4.78, 5) is 26.3. The van der Waals surface area contributed by atoms with E-state index in [0.29, 0.717) is 12.1 Å². The van der Waals surface area contributed by atoms with E-state index in [1.807, 2.05) is 19.9 Å². The predicted octanol–water partition coefficient (Wildman–Crippen LogP) is 1.08. The van der Waals surface area contributed by atoms with E-state index in [2.05, 4.69) is 20.5 Å². The van der Waals surface area contributed by atoms with Crippen LogP contribution in [0.4, 0.5) is 0 Å². The quantitative estimate of drug-likeness (QED) is 0.779. The van der Waals surface area contributed by atoms with E-state index < -0.39 is 0 Å². The normalized spacial score (nSPS) is 12.2. The SMILES string of the molecule is Cc1cc(C[C@H](C)NC(=O)c2cc(=O)cc(C)[nH]2)n[nH]1. The average molecular weight is 274 g/mol. The van der Waals surface area contributed by atoms with Gasteiger partial charge in [-0.2, -0.15) is 5.10 Å². The van der Waals surface area contributed by atoms with Crippen LogP contribution in [0.15, 0.2) is 23.0 Å². The van der Waals surface area contributed by atoms with Gasteiger partial charge in [-0.25, -0.2) is 0 Å². The molecule has 0 aromatic carbocycles. The first-order valence-electron chi connectivity index (χ1n) is 6.47. The van der Waals surface area contributed by atoms with E-state index in [9.17, 15) is 9.59 Å². The molecule has 2 aromatic heterocycles. The van der Waals surface area contributed by atoms with Gasteiger partial charge >= 0.3 is 0 Å². The van der Waals surface area contributed by atoms with Crippen molar-refractivity contribution in [2.24, 2.45) is 0 Å². The van der Waals surface area contributed by atoms with Gasteiger partial charge in [0.1, 0.15) is 5.69 Å². The molecule has 2 rings (SSSR count). The molecule has 0 aliphatic rings. The topological polar surface area (TPSA) is 90.6 Å². The van der Waals surface area contributed by atoms with Crippen molar-refractivity contribution in [2.45, 2.75) is 33.2 Å². The molecule has 1 atom stereocenters. The molecule has 0 saturated carbocycles.